The van der Waals surface area contributed by atoms with Crippen molar-refractivity contribution in [1.29, 1.82) is 5.26 Å². The highest BCUT2D eigenvalue weighted by Gasteiger charge is 2.19. The fourth-order valence-corrected chi connectivity index (χ4v) is 4.28. The number of benzene rings is 4. The minimum Gasteiger partial charge on any atom is -0.493 e. The molecule has 1 aromatic heterocycles. The zero-order valence-corrected chi connectivity index (χ0v) is 23.1. The minimum atomic E-state index is -0.579. The Morgan fingerprint density at radius 1 is 0.953 bits per heavy atom. The van der Waals surface area contributed by atoms with Gasteiger partial charge in [0.1, 0.15) is 11.6 Å². The highest BCUT2D eigenvalue weighted by atomic mass is 16.5. The van der Waals surface area contributed by atoms with Gasteiger partial charge in [0.05, 0.1) is 19.0 Å². The molecule has 2 N–H and O–H groups in total. The molecule has 4 aromatic carbocycles. The van der Waals surface area contributed by atoms with E-state index in [1.165, 1.54) is 13.3 Å². The van der Waals surface area contributed by atoms with E-state index in [1.807, 2.05) is 72.8 Å². The van der Waals surface area contributed by atoms with Crippen LogP contribution in [0.2, 0.25) is 0 Å². The zero-order chi connectivity index (χ0) is 30.0. The van der Waals surface area contributed by atoms with Crippen LogP contribution < -0.4 is 25.4 Å². The number of aromatic nitrogens is 2. The lowest BCUT2D eigenvalue weighted by Crippen LogP contribution is -2.30. The van der Waals surface area contributed by atoms with Crippen molar-refractivity contribution in [3.8, 4) is 28.8 Å². The average molecular weight is 571 g/mol. The quantitative estimate of drug-likeness (QED) is 0.167. The van der Waals surface area contributed by atoms with E-state index < -0.39 is 5.56 Å². The largest absolute Gasteiger partial charge is 0.493 e. The van der Waals surface area contributed by atoms with Crippen LogP contribution in [-0.2, 0) is 4.79 Å². The number of methoxy groups -OCH3 is 1. The summed E-state index contributed by atoms with van der Waals surface area (Å²) in [6.07, 6.45) is 1.50. The first-order chi connectivity index (χ1) is 21.1. The van der Waals surface area contributed by atoms with Crippen molar-refractivity contribution < 1.29 is 14.3 Å². The number of hydrazone groups is 1. The van der Waals surface area contributed by atoms with Crippen molar-refractivity contribution in [1.82, 2.24) is 9.97 Å². The van der Waals surface area contributed by atoms with Gasteiger partial charge in [0.2, 0.25) is 5.95 Å². The van der Waals surface area contributed by atoms with Crippen LogP contribution in [0.1, 0.15) is 11.1 Å². The molecular weight excluding hydrogens is 544 g/mol. The van der Waals surface area contributed by atoms with Crippen molar-refractivity contribution in [2.45, 2.75) is 0 Å². The number of carbonyl (C=O) groups excluding carboxylic acids is 1. The minimum absolute atomic E-state index is 0.0749. The number of anilines is 3. The van der Waals surface area contributed by atoms with Gasteiger partial charge in [0.15, 0.2) is 18.1 Å². The monoisotopic (exact) mass is 570 g/mol. The first-order valence-electron chi connectivity index (χ1n) is 13.2. The summed E-state index contributed by atoms with van der Waals surface area (Å²) in [4.78, 5) is 34.3. The van der Waals surface area contributed by atoms with E-state index in [2.05, 4.69) is 20.5 Å². The Morgan fingerprint density at radius 3 is 2.19 bits per heavy atom. The smallest absolute Gasteiger partial charge is 0.270 e. The molecule has 1 heterocycles. The SMILES string of the molecule is COc1cc(C=NNc2nc(-c3ccccc3)c(C#N)c(=O)[nH]2)ccc1OCC(=O)N(c1ccccc1)c1ccccc1. The second kappa shape index (κ2) is 13.4. The molecule has 0 aliphatic heterocycles. The van der Waals surface area contributed by atoms with Crippen molar-refractivity contribution in [3.63, 3.8) is 0 Å². The molecule has 0 aliphatic carbocycles. The van der Waals surface area contributed by atoms with E-state index in [-0.39, 0.29) is 29.7 Å². The molecule has 5 aromatic rings. The van der Waals surface area contributed by atoms with Gasteiger partial charge in [-0.15, -0.1) is 0 Å². The normalized spacial score (nSPS) is 10.6. The topological polar surface area (TPSA) is 133 Å². The zero-order valence-electron chi connectivity index (χ0n) is 23.1. The molecule has 0 saturated carbocycles. The molecule has 0 radical (unpaired) electrons. The number of aromatic amines is 1. The molecule has 0 aliphatic rings. The number of hydrogen-bond donors (Lipinski definition) is 2. The van der Waals surface area contributed by atoms with Gasteiger partial charge in [-0.3, -0.25) is 19.5 Å². The van der Waals surface area contributed by atoms with Gasteiger partial charge < -0.3 is 9.47 Å². The Morgan fingerprint density at radius 2 is 1.58 bits per heavy atom. The maximum absolute atomic E-state index is 13.3. The van der Waals surface area contributed by atoms with Gasteiger partial charge in [-0.2, -0.15) is 10.4 Å². The molecule has 1 amide bonds. The van der Waals surface area contributed by atoms with E-state index in [9.17, 15) is 14.9 Å². The number of para-hydroxylation sites is 2. The molecule has 0 bridgehead atoms. The standard InChI is InChI=1S/C33H26N6O4/c1-42-29-19-23(21-35-38-33-36-31(24-11-5-2-6-12-24)27(20-34)32(41)37-33)17-18-28(29)43-22-30(40)39(25-13-7-3-8-14-25)26-15-9-4-10-16-26/h2-19,21H,22H2,1H3,(H2,36,37,38,41). The van der Waals surface area contributed by atoms with Gasteiger partial charge in [0, 0.05) is 16.9 Å². The van der Waals surface area contributed by atoms with E-state index >= 15 is 0 Å². The van der Waals surface area contributed by atoms with Crippen molar-refractivity contribution in [2.75, 3.05) is 24.0 Å². The molecule has 10 heteroatoms. The Balaban J connectivity index is 1.29. The van der Waals surface area contributed by atoms with Gasteiger partial charge >= 0.3 is 0 Å². The van der Waals surface area contributed by atoms with E-state index in [1.54, 1.807) is 47.4 Å². The second-order valence-electron chi connectivity index (χ2n) is 9.09. The number of nitriles is 1. The third kappa shape index (κ3) is 6.75. The van der Waals surface area contributed by atoms with E-state index in [0.29, 0.717) is 22.6 Å². The summed E-state index contributed by atoms with van der Waals surface area (Å²) in [6.45, 7) is -0.226. The molecule has 0 atom stereocenters. The summed E-state index contributed by atoms with van der Waals surface area (Å²) in [7, 11) is 1.50. The molecule has 0 spiro atoms. The Bertz CT molecular complexity index is 1800. The molecule has 0 saturated heterocycles. The maximum Gasteiger partial charge on any atom is 0.270 e. The molecule has 212 valence electrons. The van der Waals surface area contributed by atoms with Gasteiger partial charge in [-0.25, -0.2) is 10.4 Å². The highest BCUT2D eigenvalue weighted by molar-refractivity contribution is 6.01. The van der Waals surface area contributed by atoms with Crippen LogP contribution in [-0.4, -0.2) is 35.8 Å². The summed E-state index contributed by atoms with van der Waals surface area (Å²) in [5.41, 5.74) is 5.02. The summed E-state index contributed by atoms with van der Waals surface area (Å²) in [6, 6.07) is 34.7. The Hall–Kier alpha value is -6.21. The lowest BCUT2D eigenvalue weighted by Gasteiger charge is -2.23. The van der Waals surface area contributed by atoms with Crippen LogP contribution in [0, 0.1) is 11.3 Å². The van der Waals surface area contributed by atoms with Gasteiger partial charge in [-0.1, -0.05) is 66.7 Å². The predicted octanol–water partition coefficient (Wildman–Crippen LogP) is 5.51. The number of nitrogens with zero attached hydrogens (tertiary/aromatic N) is 4. The Labute approximate surface area is 247 Å². The number of H-pyrrole nitrogens is 1. The fraction of sp³-hybridized carbons (Fsp3) is 0.0606. The predicted molar refractivity (Wildman–Crippen MR) is 165 cm³/mol. The lowest BCUT2D eigenvalue weighted by atomic mass is 10.1. The third-order valence-corrected chi connectivity index (χ3v) is 6.28. The highest BCUT2D eigenvalue weighted by Crippen LogP contribution is 2.29. The van der Waals surface area contributed by atoms with E-state index in [0.717, 1.165) is 11.4 Å². The average Bonchev–Trinajstić information content (AvgIpc) is 3.05. The Kier molecular flexibility index (Phi) is 8.85. The van der Waals surface area contributed by atoms with Crippen LogP contribution in [0.15, 0.2) is 119 Å². The first kappa shape index (κ1) is 28.3. The number of carbonyl (C=O) groups is 1. The number of nitrogens with one attached hydrogen (secondary N) is 2. The van der Waals surface area contributed by atoms with Gasteiger partial charge in [0.25, 0.3) is 11.5 Å². The van der Waals surface area contributed by atoms with Gasteiger partial charge in [-0.05, 0) is 48.0 Å². The van der Waals surface area contributed by atoms with Crippen molar-refractivity contribution in [2.24, 2.45) is 5.10 Å². The molecule has 0 fully saturated rings. The second-order valence-corrected chi connectivity index (χ2v) is 9.09. The van der Waals surface area contributed by atoms with Crippen LogP contribution in [0.25, 0.3) is 11.3 Å². The van der Waals surface area contributed by atoms with Crippen LogP contribution in [0.3, 0.4) is 0 Å². The molecular formula is C33H26N6O4. The van der Waals surface area contributed by atoms with Crippen LogP contribution >= 0.6 is 0 Å². The summed E-state index contributed by atoms with van der Waals surface area (Å²) in [5, 5.41) is 13.6. The summed E-state index contributed by atoms with van der Waals surface area (Å²) in [5.74, 6) is 0.602. The summed E-state index contributed by atoms with van der Waals surface area (Å²) < 4.78 is 11.4. The van der Waals surface area contributed by atoms with E-state index in [4.69, 9.17) is 9.47 Å². The number of rotatable bonds is 10. The van der Waals surface area contributed by atoms with Crippen LogP contribution in [0.5, 0.6) is 11.5 Å². The molecule has 43 heavy (non-hydrogen) atoms. The number of ether oxygens (including phenoxy) is 2. The van der Waals surface area contributed by atoms with Crippen LogP contribution in [0.4, 0.5) is 17.3 Å². The maximum atomic E-state index is 13.3. The third-order valence-electron chi connectivity index (χ3n) is 6.28. The number of hydrogen-bond acceptors (Lipinski definition) is 8. The molecule has 5 rings (SSSR count). The molecule has 0 unspecified atom stereocenters. The molecule has 10 nitrogen and oxygen atoms in total. The number of amides is 1. The summed E-state index contributed by atoms with van der Waals surface area (Å²) >= 11 is 0. The fourth-order valence-electron chi connectivity index (χ4n) is 4.28. The van der Waals surface area contributed by atoms with Crippen molar-refractivity contribution in [3.05, 3.63) is 131 Å². The lowest BCUT2D eigenvalue weighted by molar-refractivity contribution is -0.119. The first-order valence-corrected chi connectivity index (χ1v) is 13.2. The van der Waals surface area contributed by atoms with Crippen molar-refractivity contribution >= 4 is 29.4 Å².